The Labute approximate surface area is 185 Å². The summed E-state index contributed by atoms with van der Waals surface area (Å²) in [7, 11) is 1.47. The number of aliphatic hydroxyl groups excluding tert-OH is 1. The minimum absolute atomic E-state index is 0.0381. The Morgan fingerprint density at radius 3 is 2.78 bits per heavy atom. The Bertz CT molecular complexity index is 1420. The first kappa shape index (κ1) is 21.7. The van der Waals surface area contributed by atoms with Crippen molar-refractivity contribution < 1.29 is 14.6 Å². The number of nitrogens with two attached hydrogens (primary N) is 1. The molecule has 4 N–H and O–H groups in total. The van der Waals surface area contributed by atoms with Crippen LogP contribution >= 0.6 is 11.8 Å². The lowest BCUT2D eigenvalue weighted by molar-refractivity contribution is -0.115. The highest BCUT2D eigenvalue weighted by atomic mass is 32.2. The van der Waals surface area contributed by atoms with Crippen LogP contribution in [0.3, 0.4) is 0 Å². The molecule has 0 aliphatic heterocycles. The number of hydrogen-bond donors (Lipinski definition) is 3. The molecule has 0 saturated heterocycles. The first-order chi connectivity index (χ1) is 15.3. The van der Waals surface area contributed by atoms with Crippen molar-refractivity contribution in [1.82, 2.24) is 19.1 Å². The van der Waals surface area contributed by atoms with Crippen molar-refractivity contribution >= 4 is 39.6 Å². The molecule has 2 aromatic carbocycles. The first-order valence-corrected chi connectivity index (χ1v) is 10.7. The van der Waals surface area contributed by atoms with Crippen LogP contribution in [0.2, 0.25) is 0 Å². The Balaban J connectivity index is 1.62. The van der Waals surface area contributed by atoms with Gasteiger partial charge in [-0.05, 0) is 11.5 Å². The van der Waals surface area contributed by atoms with E-state index in [1.54, 1.807) is 0 Å². The molecule has 0 radical (unpaired) electrons. The zero-order valence-corrected chi connectivity index (χ0v) is 18.0. The maximum absolute atomic E-state index is 12.5. The SMILES string of the molecule is Cn1c(=O)[nH]c(=O)c2c1nc(SCC(N)=O)n2CC(O)COc1cccc2ccccc12. The molecule has 1 amide bonds. The van der Waals surface area contributed by atoms with Crippen molar-refractivity contribution in [3.8, 4) is 5.75 Å². The topological polar surface area (TPSA) is 145 Å². The third-order valence-corrected chi connectivity index (χ3v) is 5.89. The van der Waals surface area contributed by atoms with Crippen molar-refractivity contribution in [3.05, 3.63) is 63.3 Å². The smallest absolute Gasteiger partial charge is 0.329 e. The fraction of sp³-hybridized carbons (Fsp3) is 0.238. The van der Waals surface area contributed by atoms with Crippen LogP contribution in [0.15, 0.2) is 57.2 Å². The number of H-pyrrole nitrogens is 1. The van der Waals surface area contributed by atoms with Gasteiger partial charge in [-0.25, -0.2) is 9.78 Å². The summed E-state index contributed by atoms with van der Waals surface area (Å²) in [6, 6.07) is 13.4. The normalized spacial score (nSPS) is 12.3. The van der Waals surface area contributed by atoms with E-state index < -0.39 is 23.3 Å². The highest BCUT2D eigenvalue weighted by Crippen LogP contribution is 2.26. The second-order valence-electron chi connectivity index (χ2n) is 7.19. The number of hydrogen-bond acceptors (Lipinski definition) is 7. The van der Waals surface area contributed by atoms with Gasteiger partial charge in [0.15, 0.2) is 16.3 Å². The molecule has 32 heavy (non-hydrogen) atoms. The van der Waals surface area contributed by atoms with Crippen LogP contribution in [0.1, 0.15) is 0 Å². The standard InChI is InChI=1S/C21H21N5O5S/c1-25-18-17(19(29)24-20(25)30)26(21(23-18)32-11-16(22)28)9-13(27)10-31-15-8-4-6-12-5-2-3-7-14(12)15/h2-8,13,27H,9-11H2,1H3,(H2,22,28)(H,24,29,30). The summed E-state index contributed by atoms with van der Waals surface area (Å²) in [4.78, 5) is 42.2. The predicted molar refractivity (Wildman–Crippen MR) is 121 cm³/mol. The molecule has 2 aromatic heterocycles. The van der Waals surface area contributed by atoms with Gasteiger partial charge in [-0.15, -0.1) is 0 Å². The van der Waals surface area contributed by atoms with Gasteiger partial charge in [0.1, 0.15) is 18.5 Å². The lowest BCUT2D eigenvalue weighted by Gasteiger charge is -2.16. The Hall–Kier alpha value is -3.57. The second-order valence-corrected chi connectivity index (χ2v) is 8.14. The van der Waals surface area contributed by atoms with Crippen molar-refractivity contribution in [3.63, 3.8) is 0 Å². The van der Waals surface area contributed by atoms with Crippen molar-refractivity contribution in [2.24, 2.45) is 12.8 Å². The van der Waals surface area contributed by atoms with Crippen LogP contribution in [0.25, 0.3) is 21.9 Å². The molecule has 166 valence electrons. The van der Waals surface area contributed by atoms with Gasteiger partial charge in [-0.2, -0.15) is 0 Å². The molecule has 0 fully saturated rings. The molecular weight excluding hydrogens is 434 g/mol. The van der Waals surface area contributed by atoms with Crippen LogP contribution in [0.5, 0.6) is 5.75 Å². The summed E-state index contributed by atoms with van der Waals surface area (Å²) in [6.07, 6.45) is -1.00. The number of nitrogens with zero attached hydrogens (tertiary/aromatic N) is 3. The predicted octanol–water partition coefficient (Wildman–Crippen LogP) is 0.594. The number of aromatic nitrogens is 4. The number of benzene rings is 2. The Morgan fingerprint density at radius 1 is 1.25 bits per heavy atom. The number of imidazole rings is 1. The number of ether oxygens (including phenoxy) is 1. The van der Waals surface area contributed by atoms with Gasteiger partial charge in [-0.3, -0.25) is 19.1 Å². The third kappa shape index (κ3) is 4.25. The highest BCUT2D eigenvalue weighted by Gasteiger charge is 2.20. The van der Waals surface area contributed by atoms with E-state index in [-0.39, 0.29) is 35.2 Å². The molecule has 0 bridgehead atoms. The molecule has 4 rings (SSSR count). The number of carbonyl (C=O) groups excluding carboxylic acids is 1. The molecule has 10 nitrogen and oxygen atoms in total. The average molecular weight is 455 g/mol. The number of aliphatic hydroxyl groups is 1. The molecule has 11 heteroatoms. The van der Waals surface area contributed by atoms with Gasteiger partial charge >= 0.3 is 5.69 Å². The second kappa shape index (κ2) is 8.89. The van der Waals surface area contributed by atoms with Crippen LogP contribution in [0.4, 0.5) is 0 Å². The van der Waals surface area contributed by atoms with Gasteiger partial charge < -0.3 is 20.1 Å². The largest absolute Gasteiger partial charge is 0.490 e. The molecule has 4 aromatic rings. The number of thioether (sulfide) groups is 1. The van der Waals surface area contributed by atoms with E-state index in [1.807, 2.05) is 42.5 Å². The molecule has 0 spiro atoms. The number of rotatable bonds is 8. The Kier molecular flexibility index (Phi) is 6.01. The van der Waals surface area contributed by atoms with E-state index in [0.717, 1.165) is 22.5 Å². The molecule has 2 heterocycles. The monoisotopic (exact) mass is 455 g/mol. The lowest BCUT2D eigenvalue weighted by Crippen LogP contribution is -2.30. The number of aryl methyl sites for hydroxylation is 1. The van der Waals surface area contributed by atoms with Gasteiger partial charge in [0, 0.05) is 12.4 Å². The molecule has 0 aliphatic rings. The molecule has 0 aliphatic carbocycles. The minimum atomic E-state index is -1.00. The number of amides is 1. The molecule has 1 unspecified atom stereocenters. The quantitative estimate of drug-likeness (QED) is 0.330. The summed E-state index contributed by atoms with van der Waals surface area (Å²) < 4.78 is 8.51. The van der Waals surface area contributed by atoms with Gasteiger partial charge in [-0.1, -0.05) is 48.2 Å². The molecule has 0 saturated carbocycles. The lowest BCUT2D eigenvalue weighted by atomic mass is 10.1. The number of fused-ring (bicyclic) bond motifs is 2. The third-order valence-electron chi connectivity index (χ3n) is 4.89. The fourth-order valence-electron chi connectivity index (χ4n) is 3.40. The number of nitrogens with one attached hydrogen (secondary N) is 1. The van der Waals surface area contributed by atoms with Crippen LogP contribution in [0, 0.1) is 0 Å². The zero-order valence-electron chi connectivity index (χ0n) is 17.1. The van der Waals surface area contributed by atoms with E-state index in [9.17, 15) is 19.5 Å². The maximum atomic E-state index is 12.5. The number of carbonyl (C=O) groups is 1. The molecule has 1 atom stereocenters. The van der Waals surface area contributed by atoms with Crippen molar-refractivity contribution in [1.29, 1.82) is 0 Å². The number of aromatic amines is 1. The molecular formula is C21H21N5O5S. The summed E-state index contributed by atoms with van der Waals surface area (Å²) in [5.74, 6) is -0.00457. The van der Waals surface area contributed by atoms with Gasteiger partial charge in [0.05, 0.1) is 12.3 Å². The summed E-state index contributed by atoms with van der Waals surface area (Å²) >= 11 is 1.02. The number of primary amides is 1. The van der Waals surface area contributed by atoms with Crippen LogP contribution < -0.4 is 21.7 Å². The van der Waals surface area contributed by atoms with E-state index in [4.69, 9.17) is 10.5 Å². The first-order valence-electron chi connectivity index (χ1n) is 9.74. The average Bonchev–Trinajstić information content (AvgIpc) is 3.13. The summed E-state index contributed by atoms with van der Waals surface area (Å²) in [5.41, 5.74) is 4.25. The zero-order chi connectivity index (χ0) is 22.8. The van der Waals surface area contributed by atoms with Gasteiger partial charge in [0.2, 0.25) is 5.91 Å². The summed E-state index contributed by atoms with van der Waals surface area (Å²) in [5, 5.41) is 12.9. The van der Waals surface area contributed by atoms with E-state index in [0.29, 0.717) is 5.75 Å². The van der Waals surface area contributed by atoms with Crippen LogP contribution in [-0.4, -0.2) is 48.6 Å². The maximum Gasteiger partial charge on any atom is 0.329 e. The summed E-state index contributed by atoms with van der Waals surface area (Å²) in [6.45, 7) is -0.0824. The van der Waals surface area contributed by atoms with E-state index in [1.165, 1.54) is 16.2 Å². The van der Waals surface area contributed by atoms with Crippen molar-refractivity contribution in [2.75, 3.05) is 12.4 Å². The van der Waals surface area contributed by atoms with E-state index >= 15 is 0 Å². The van der Waals surface area contributed by atoms with E-state index in [2.05, 4.69) is 9.97 Å². The highest BCUT2D eigenvalue weighted by molar-refractivity contribution is 7.99. The van der Waals surface area contributed by atoms with Gasteiger partial charge in [0.25, 0.3) is 5.56 Å². The Morgan fingerprint density at radius 2 is 2.00 bits per heavy atom. The minimum Gasteiger partial charge on any atom is -0.490 e. The fourth-order valence-corrected chi connectivity index (χ4v) is 4.14. The van der Waals surface area contributed by atoms with Crippen molar-refractivity contribution in [2.45, 2.75) is 17.8 Å². The van der Waals surface area contributed by atoms with Crippen LogP contribution in [-0.2, 0) is 18.4 Å².